The number of hydrogen-bond donors (Lipinski definition) is 1. The van der Waals surface area contributed by atoms with Gasteiger partial charge in [-0.3, -0.25) is 4.99 Å². The number of carbonyl (C=O) groups is 1. The van der Waals surface area contributed by atoms with E-state index in [9.17, 15) is 4.79 Å². The normalized spacial score (nSPS) is 22.2. The van der Waals surface area contributed by atoms with Crippen LogP contribution in [0, 0.1) is 5.41 Å². The van der Waals surface area contributed by atoms with Crippen LogP contribution in [0.4, 0.5) is 4.79 Å². The fourth-order valence-corrected chi connectivity index (χ4v) is 3.82. The highest BCUT2D eigenvalue weighted by Crippen LogP contribution is 2.38. The number of likely N-dealkylation sites (tertiary alicyclic amines) is 1. The molecule has 170 valence electrons. The molecule has 1 spiro atoms. The number of nitrogens with zero attached hydrogens (tertiary/aromatic N) is 3. The fourth-order valence-electron chi connectivity index (χ4n) is 3.82. The quantitative estimate of drug-likeness (QED) is 0.248. The first-order valence-corrected chi connectivity index (χ1v) is 10.8. The summed E-state index contributed by atoms with van der Waals surface area (Å²) in [6, 6.07) is 0.105. The summed E-state index contributed by atoms with van der Waals surface area (Å²) in [5.74, 6) is 0.986. The van der Waals surface area contributed by atoms with Crippen molar-refractivity contribution < 1.29 is 14.3 Å². The van der Waals surface area contributed by atoms with E-state index in [1.54, 1.807) is 4.90 Å². The monoisotopic (exact) mass is 524 g/mol. The first-order valence-electron chi connectivity index (χ1n) is 10.8. The number of nitrogens with one attached hydrogen (secondary N) is 1. The van der Waals surface area contributed by atoms with E-state index >= 15 is 0 Å². The van der Waals surface area contributed by atoms with E-state index in [0.717, 1.165) is 51.6 Å². The lowest BCUT2D eigenvalue weighted by atomic mass is 9.87. The van der Waals surface area contributed by atoms with Crippen molar-refractivity contribution in [1.29, 1.82) is 0 Å². The molecule has 2 heterocycles. The Morgan fingerprint density at radius 2 is 2.07 bits per heavy atom. The maximum absolute atomic E-state index is 12.4. The Balaban J connectivity index is 0.00000420. The standard InChI is InChI=1S/C21H40N4O3.HI/c1-7-22-18(24-13-9-21(15-24)10-14-27-16-21)23-11-8-12-25(17(2)3)19(26)28-20(4,5)6;/h17H,7-16H2,1-6H3,(H,22,23);1H. The van der Waals surface area contributed by atoms with Gasteiger partial charge in [0.2, 0.25) is 0 Å². The van der Waals surface area contributed by atoms with Gasteiger partial charge in [0.05, 0.1) is 6.61 Å². The molecule has 1 N–H and O–H groups in total. The van der Waals surface area contributed by atoms with Crippen molar-refractivity contribution in [3.8, 4) is 0 Å². The molecule has 2 aliphatic rings. The number of rotatable bonds is 6. The van der Waals surface area contributed by atoms with Crippen LogP contribution in [0.15, 0.2) is 4.99 Å². The summed E-state index contributed by atoms with van der Waals surface area (Å²) in [7, 11) is 0. The Morgan fingerprint density at radius 1 is 1.34 bits per heavy atom. The first-order chi connectivity index (χ1) is 13.2. The van der Waals surface area contributed by atoms with E-state index in [0.29, 0.717) is 18.5 Å². The number of ether oxygens (including phenoxy) is 2. The smallest absolute Gasteiger partial charge is 0.410 e. The second-order valence-electron chi connectivity index (χ2n) is 9.33. The van der Waals surface area contributed by atoms with E-state index in [2.05, 4.69) is 17.1 Å². The molecule has 7 nitrogen and oxygen atoms in total. The van der Waals surface area contributed by atoms with Gasteiger partial charge in [0, 0.05) is 50.8 Å². The average Bonchev–Trinajstić information content (AvgIpc) is 3.22. The zero-order chi connectivity index (χ0) is 20.8. The molecule has 0 radical (unpaired) electrons. The van der Waals surface area contributed by atoms with E-state index in [1.807, 2.05) is 34.6 Å². The van der Waals surface area contributed by atoms with E-state index in [4.69, 9.17) is 14.5 Å². The molecular weight excluding hydrogens is 483 g/mol. The second kappa shape index (κ2) is 11.6. The zero-order valence-corrected chi connectivity index (χ0v) is 21.5. The molecule has 0 aromatic carbocycles. The lowest BCUT2D eigenvalue weighted by molar-refractivity contribution is 0.0190. The number of hydrogen-bond acceptors (Lipinski definition) is 4. The summed E-state index contributed by atoms with van der Waals surface area (Å²) in [5.41, 5.74) is -0.155. The Bertz CT molecular complexity index is 543. The summed E-state index contributed by atoms with van der Waals surface area (Å²) in [6.45, 7) is 17.8. The van der Waals surface area contributed by atoms with Crippen molar-refractivity contribution in [2.75, 3.05) is 45.9 Å². The van der Waals surface area contributed by atoms with Crippen LogP contribution in [0.2, 0.25) is 0 Å². The molecule has 1 amide bonds. The lowest BCUT2D eigenvalue weighted by Gasteiger charge is -2.30. The maximum atomic E-state index is 12.4. The molecule has 2 rings (SSSR count). The van der Waals surface area contributed by atoms with Crippen LogP contribution >= 0.6 is 24.0 Å². The predicted octanol–water partition coefficient (Wildman–Crippen LogP) is 3.72. The summed E-state index contributed by atoms with van der Waals surface area (Å²) in [5, 5.41) is 3.43. The topological polar surface area (TPSA) is 66.4 Å². The molecule has 1 unspecified atom stereocenters. The predicted molar refractivity (Wildman–Crippen MR) is 128 cm³/mol. The summed E-state index contributed by atoms with van der Waals surface area (Å²) in [4.78, 5) is 21.4. The fraction of sp³-hybridized carbons (Fsp3) is 0.905. The largest absolute Gasteiger partial charge is 0.444 e. The first kappa shape index (κ1) is 26.3. The highest BCUT2D eigenvalue weighted by molar-refractivity contribution is 14.0. The van der Waals surface area contributed by atoms with Crippen LogP contribution < -0.4 is 5.32 Å². The SMILES string of the molecule is CCNC(=NCCCN(C(=O)OC(C)(C)C)C(C)C)N1CCC2(CCOC2)C1.I. The lowest BCUT2D eigenvalue weighted by Crippen LogP contribution is -2.42. The van der Waals surface area contributed by atoms with Crippen molar-refractivity contribution in [2.24, 2.45) is 10.4 Å². The molecule has 0 aromatic heterocycles. The Kier molecular flexibility index (Phi) is 10.5. The molecule has 8 heteroatoms. The summed E-state index contributed by atoms with van der Waals surface area (Å²) >= 11 is 0. The van der Waals surface area contributed by atoms with Gasteiger partial charge >= 0.3 is 6.09 Å². The molecule has 0 aromatic rings. The second-order valence-corrected chi connectivity index (χ2v) is 9.33. The van der Waals surface area contributed by atoms with Crippen LogP contribution in [0.1, 0.15) is 60.8 Å². The van der Waals surface area contributed by atoms with Gasteiger partial charge in [-0.05, 0) is 60.8 Å². The van der Waals surface area contributed by atoms with Crippen LogP contribution in [0.5, 0.6) is 0 Å². The summed E-state index contributed by atoms with van der Waals surface area (Å²) in [6.07, 6.45) is 2.90. The highest BCUT2D eigenvalue weighted by atomic mass is 127. The van der Waals surface area contributed by atoms with Gasteiger partial charge in [0.1, 0.15) is 5.60 Å². The van der Waals surface area contributed by atoms with Crippen molar-refractivity contribution in [2.45, 2.75) is 72.4 Å². The van der Waals surface area contributed by atoms with Crippen LogP contribution in [0.3, 0.4) is 0 Å². The number of guanidine groups is 1. The van der Waals surface area contributed by atoms with E-state index in [-0.39, 0.29) is 36.1 Å². The molecule has 2 fully saturated rings. The number of amides is 1. The van der Waals surface area contributed by atoms with Gasteiger partial charge in [-0.15, -0.1) is 24.0 Å². The third-order valence-electron chi connectivity index (χ3n) is 5.33. The molecule has 0 saturated carbocycles. The number of aliphatic imine (C=N–C) groups is 1. The number of carbonyl (C=O) groups excluding carboxylic acids is 1. The van der Waals surface area contributed by atoms with Crippen molar-refractivity contribution in [3.05, 3.63) is 0 Å². The van der Waals surface area contributed by atoms with Gasteiger partial charge in [-0.2, -0.15) is 0 Å². The number of halogens is 1. The third-order valence-corrected chi connectivity index (χ3v) is 5.33. The average molecular weight is 524 g/mol. The Morgan fingerprint density at radius 3 is 2.62 bits per heavy atom. The van der Waals surface area contributed by atoms with Crippen molar-refractivity contribution >= 4 is 36.0 Å². The highest BCUT2D eigenvalue weighted by Gasteiger charge is 2.42. The van der Waals surface area contributed by atoms with Crippen LogP contribution in [-0.2, 0) is 9.47 Å². The minimum Gasteiger partial charge on any atom is -0.444 e. The maximum Gasteiger partial charge on any atom is 0.410 e. The van der Waals surface area contributed by atoms with Crippen molar-refractivity contribution in [3.63, 3.8) is 0 Å². The minimum atomic E-state index is -0.476. The molecule has 0 bridgehead atoms. The molecule has 0 aliphatic carbocycles. The summed E-state index contributed by atoms with van der Waals surface area (Å²) < 4.78 is 11.2. The van der Waals surface area contributed by atoms with Crippen LogP contribution in [0.25, 0.3) is 0 Å². The molecule has 29 heavy (non-hydrogen) atoms. The third kappa shape index (κ3) is 8.11. The van der Waals surface area contributed by atoms with Gasteiger partial charge in [-0.1, -0.05) is 0 Å². The van der Waals surface area contributed by atoms with Gasteiger partial charge in [-0.25, -0.2) is 4.79 Å². The Hall–Kier alpha value is -0.770. The minimum absolute atomic E-state index is 0. The van der Waals surface area contributed by atoms with Gasteiger partial charge in [0.25, 0.3) is 0 Å². The molecule has 1 atom stereocenters. The zero-order valence-electron chi connectivity index (χ0n) is 19.1. The molecule has 2 aliphatic heterocycles. The molecule has 2 saturated heterocycles. The van der Waals surface area contributed by atoms with Crippen LogP contribution in [-0.4, -0.2) is 79.4 Å². The van der Waals surface area contributed by atoms with Gasteiger partial charge in [0.15, 0.2) is 5.96 Å². The van der Waals surface area contributed by atoms with Gasteiger partial charge < -0.3 is 24.6 Å². The van der Waals surface area contributed by atoms with Crippen molar-refractivity contribution in [1.82, 2.24) is 15.1 Å². The Labute approximate surface area is 194 Å². The van der Waals surface area contributed by atoms with E-state index < -0.39 is 5.60 Å². The van der Waals surface area contributed by atoms with E-state index in [1.165, 1.54) is 6.42 Å². The molecular formula is C21H41IN4O3.